The van der Waals surface area contributed by atoms with Crippen molar-refractivity contribution in [2.24, 2.45) is 20.0 Å². The largest absolute Gasteiger partial charge is 0.369 e. The van der Waals surface area contributed by atoms with Crippen molar-refractivity contribution < 1.29 is 9.53 Å². The van der Waals surface area contributed by atoms with Crippen molar-refractivity contribution in [3.05, 3.63) is 30.6 Å². The minimum Gasteiger partial charge on any atom is -0.369 e. The molecular weight excluding hydrogens is 332 g/mol. The molecule has 2 aliphatic heterocycles. The van der Waals surface area contributed by atoms with Crippen molar-refractivity contribution in [3.8, 4) is 0 Å². The highest BCUT2D eigenvalue weighted by molar-refractivity contribution is 5.80. The fourth-order valence-corrected chi connectivity index (χ4v) is 3.96. The van der Waals surface area contributed by atoms with Crippen molar-refractivity contribution in [2.75, 3.05) is 37.7 Å². The third kappa shape index (κ3) is 3.09. The van der Waals surface area contributed by atoms with Crippen LogP contribution in [0.3, 0.4) is 0 Å². The summed E-state index contributed by atoms with van der Waals surface area (Å²) in [5.74, 6) is 1.85. The second-order valence-electron chi connectivity index (χ2n) is 7.09. The SMILES string of the molecule is Cn1ccnc1[C@@H]1OCCC[C@H]1C(=O)N1CCN(c2nccn2C)CC1. The number of ether oxygens (including phenoxy) is 1. The van der Waals surface area contributed by atoms with Crippen molar-refractivity contribution >= 4 is 11.9 Å². The lowest BCUT2D eigenvalue weighted by Crippen LogP contribution is -2.52. The van der Waals surface area contributed by atoms with Crippen LogP contribution in [0.4, 0.5) is 5.95 Å². The summed E-state index contributed by atoms with van der Waals surface area (Å²) in [4.78, 5) is 26.2. The zero-order chi connectivity index (χ0) is 18.1. The van der Waals surface area contributed by atoms with E-state index in [1.54, 1.807) is 6.20 Å². The Hall–Kier alpha value is -2.35. The molecule has 2 aromatic heterocycles. The standard InChI is InChI=1S/C18H26N6O2/c1-21-7-5-19-16(21)15-14(4-3-13-26-15)17(25)23-9-11-24(12-10-23)18-20-6-8-22(18)2/h5-8,14-15H,3-4,9-13H2,1-2H3/t14-,15-/m1/s1. The van der Waals surface area contributed by atoms with Gasteiger partial charge >= 0.3 is 0 Å². The molecule has 26 heavy (non-hydrogen) atoms. The first-order valence-corrected chi connectivity index (χ1v) is 9.25. The fourth-order valence-electron chi connectivity index (χ4n) is 3.96. The molecule has 0 spiro atoms. The van der Waals surface area contributed by atoms with E-state index in [9.17, 15) is 4.79 Å². The molecule has 8 nitrogen and oxygen atoms in total. The van der Waals surface area contributed by atoms with E-state index < -0.39 is 0 Å². The van der Waals surface area contributed by atoms with Gasteiger partial charge in [-0.2, -0.15) is 0 Å². The smallest absolute Gasteiger partial charge is 0.228 e. The highest BCUT2D eigenvalue weighted by atomic mass is 16.5. The lowest BCUT2D eigenvalue weighted by Gasteiger charge is -2.39. The summed E-state index contributed by atoms with van der Waals surface area (Å²) in [5.41, 5.74) is 0. The highest BCUT2D eigenvalue weighted by Crippen LogP contribution is 2.34. The van der Waals surface area contributed by atoms with E-state index in [0.29, 0.717) is 6.61 Å². The van der Waals surface area contributed by atoms with Crippen molar-refractivity contribution in [1.82, 2.24) is 24.0 Å². The number of carbonyl (C=O) groups is 1. The van der Waals surface area contributed by atoms with Crippen LogP contribution in [0, 0.1) is 5.92 Å². The van der Waals surface area contributed by atoms with Crippen LogP contribution in [0.5, 0.6) is 0 Å². The average molecular weight is 358 g/mol. The third-order valence-electron chi connectivity index (χ3n) is 5.42. The lowest BCUT2D eigenvalue weighted by atomic mass is 9.92. The zero-order valence-corrected chi connectivity index (χ0v) is 15.4. The van der Waals surface area contributed by atoms with Gasteiger partial charge in [-0.15, -0.1) is 0 Å². The average Bonchev–Trinajstić information content (AvgIpc) is 3.29. The van der Waals surface area contributed by atoms with Gasteiger partial charge in [-0.1, -0.05) is 0 Å². The van der Waals surface area contributed by atoms with Gasteiger partial charge in [0.2, 0.25) is 11.9 Å². The summed E-state index contributed by atoms with van der Waals surface area (Å²) in [6, 6.07) is 0. The number of piperazine rings is 1. The second kappa shape index (κ2) is 7.11. The number of nitrogens with zero attached hydrogens (tertiary/aromatic N) is 6. The molecule has 0 N–H and O–H groups in total. The Morgan fingerprint density at radius 1 is 1.08 bits per heavy atom. The maximum atomic E-state index is 13.2. The van der Waals surface area contributed by atoms with Gasteiger partial charge in [-0.3, -0.25) is 4.79 Å². The van der Waals surface area contributed by atoms with Gasteiger partial charge in [0.15, 0.2) is 0 Å². The molecule has 4 heterocycles. The van der Waals surface area contributed by atoms with Gasteiger partial charge in [0.25, 0.3) is 0 Å². The van der Waals surface area contributed by atoms with E-state index in [1.165, 1.54) is 0 Å². The molecule has 2 saturated heterocycles. The maximum absolute atomic E-state index is 13.2. The van der Waals surface area contributed by atoms with Crippen molar-refractivity contribution in [3.63, 3.8) is 0 Å². The molecule has 1 amide bonds. The number of anilines is 1. The summed E-state index contributed by atoms with van der Waals surface area (Å²) in [7, 11) is 3.95. The number of amides is 1. The summed E-state index contributed by atoms with van der Waals surface area (Å²) < 4.78 is 9.94. The first-order chi connectivity index (χ1) is 12.6. The minimum atomic E-state index is -0.246. The number of hydrogen-bond acceptors (Lipinski definition) is 5. The molecule has 140 valence electrons. The van der Waals surface area contributed by atoms with Crippen molar-refractivity contribution in [2.45, 2.75) is 18.9 Å². The van der Waals surface area contributed by atoms with E-state index in [0.717, 1.165) is 50.8 Å². The number of rotatable bonds is 3. The second-order valence-corrected chi connectivity index (χ2v) is 7.09. The van der Waals surface area contributed by atoms with E-state index in [2.05, 4.69) is 14.9 Å². The fraction of sp³-hybridized carbons (Fsp3) is 0.611. The van der Waals surface area contributed by atoms with Crippen LogP contribution in [-0.4, -0.2) is 62.7 Å². The zero-order valence-electron chi connectivity index (χ0n) is 15.4. The summed E-state index contributed by atoms with van der Waals surface area (Å²) >= 11 is 0. The summed E-state index contributed by atoms with van der Waals surface area (Å²) in [6.45, 7) is 3.73. The highest BCUT2D eigenvalue weighted by Gasteiger charge is 2.38. The van der Waals surface area contributed by atoms with Crippen LogP contribution in [0.25, 0.3) is 0 Å². The Morgan fingerprint density at radius 3 is 2.46 bits per heavy atom. The molecule has 2 fully saturated rings. The first-order valence-electron chi connectivity index (χ1n) is 9.25. The molecule has 0 aliphatic carbocycles. The van der Waals surface area contributed by atoms with Crippen LogP contribution in [0.15, 0.2) is 24.8 Å². The van der Waals surface area contributed by atoms with E-state index >= 15 is 0 Å². The molecule has 2 aromatic rings. The predicted molar refractivity (Wildman–Crippen MR) is 96.6 cm³/mol. The Kier molecular flexibility index (Phi) is 4.67. The molecule has 0 bridgehead atoms. The molecule has 0 aromatic carbocycles. The van der Waals surface area contributed by atoms with Gasteiger partial charge < -0.3 is 23.7 Å². The first kappa shape index (κ1) is 17.1. The van der Waals surface area contributed by atoms with Gasteiger partial charge in [-0.05, 0) is 12.8 Å². The Bertz CT molecular complexity index is 761. The van der Waals surface area contributed by atoms with E-state index in [-0.39, 0.29) is 17.9 Å². The molecule has 8 heteroatoms. The summed E-state index contributed by atoms with van der Waals surface area (Å²) in [5, 5.41) is 0. The maximum Gasteiger partial charge on any atom is 0.228 e. The number of aryl methyl sites for hydroxylation is 2. The molecule has 2 atom stereocenters. The summed E-state index contributed by atoms with van der Waals surface area (Å²) in [6.07, 6.45) is 8.96. The van der Waals surface area contributed by atoms with Gasteiger partial charge in [-0.25, -0.2) is 9.97 Å². The number of imidazole rings is 2. The molecular formula is C18H26N6O2. The molecule has 0 unspecified atom stereocenters. The van der Waals surface area contributed by atoms with Crippen molar-refractivity contribution in [1.29, 1.82) is 0 Å². The van der Waals surface area contributed by atoms with Gasteiger partial charge in [0.1, 0.15) is 11.9 Å². The topological polar surface area (TPSA) is 68.4 Å². The Labute approximate surface area is 153 Å². The number of aromatic nitrogens is 4. The Morgan fingerprint density at radius 2 is 1.81 bits per heavy atom. The van der Waals surface area contributed by atoms with E-state index in [4.69, 9.17) is 4.74 Å². The molecule has 4 rings (SSSR count). The normalized spacial score (nSPS) is 24.1. The van der Waals surface area contributed by atoms with Gasteiger partial charge in [0, 0.05) is 71.7 Å². The van der Waals surface area contributed by atoms with Crippen LogP contribution < -0.4 is 4.90 Å². The third-order valence-corrected chi connectivity index (χ3v) is 5.42. The molecule has 2 aliphatic rings. The minimum absolute atomic E-state index is 0.149. The van der Waals surface area contributed by atoms with Crippen LogP contribution in [-0.2, 0) is 23.6 Å². The molecule has 0 radical (unpaired) electrons. The van der Waals surface area contributed by atoms with E-state index in [1.807, 2.05) is 46.7 Å². The number of hydrogen-bond donors (Lipinski definition) is 0. The van der Waals surface area contributed by atoms with Crippen LogP contribution >= 0.6 is 0 Å². The monoisotopic (exact) mass is 358 g/mol. The van der Waals surface area contributed by atoms with Crippen LogP contribution in [0.2, 0.25) is 0 Å². The lowest BCUT2D eigenvalue weighted by molar-refractivity contribution is -0.146. The Balaban J connectivity index is 1.44. The predicted octanol–water partition coefficient (Wildman–Crippen LogP) is 0.970. The quantitative estimate of drug-likeness (QED) is 0.818. The number of carbonyl (C=O) groups excluding carboxylic acids is 1. The van der Waals surface area contributed by atoms with Gasteiger partial charge in [0.05, 0.1) is 5.92 Å². The molecule has 0 saturated carbocycles. The van der Waals surface area contributed by atoms with Crippen LogP contribution in [0.1, 0.15) is 24.8 Å².